The normalized spacial score (nSPS) is 27.5. The van der Waals surface area contributed by atoms with Gasteiger partial charge in [-0.2, -0.15) is 0 Å². The molecule has 2 heteroatoms. The molecular formula is C15H17NO. The molecule has 0 amide bonds. The van der Waals surface area contributed by atoms with Crippen molar-refractivity contribution >= 4 is 11.0 Å². The fourth-order valence-electron chi connectivity index (χ4n) is 2.75. The van der Waals surface area contributed by atoms with E-state index in [0.29, 0.717) is 0 Å². The maximum atomic E-state index is 5.62. The minimum Gasteiger partial charge on any atom is -0.464 e. The third kappa shape index (κ3) is 1.77. The van der Waals surface area contributed by atoms with Gasteiger partial charge in [0.2, 0.25) is 0 Å². The van der Waals surface area contributed by atoms with E-state index in [1.807, 2.05) is 12.3 Å². The van der Waals surface area contributed by atoms with Crippen LogP contribution in [0.25, 0.3) is 11.0 Å². The topological polar surface area (TPSA) is 25.2 Å². The highest BCUT2D eigenvalue weighted by atomic mass is 16.3. The molecule has 1 N–H and O–H groups in total. The molecule has 1 aromatic carbocycles. The molecule has 1 aromatic heterocycles. The van der Waals surface area contributed by atoms with Crippen LogP contribution in [0.2, 0.25) is 0 Å². The summed E-state index contributed by atoms with van der Waals surface area (Å²) in [6.45, 7) is 1.19. The molecule has 2 fully saturated rings. The lowest BCUT2D eigenvalue weighted by Crippen LogP contribution is -2.19. The Morgan fingerprint density at radius 3 is 3.00 bits per heavy atom. The van der Waals surface area contributed by atoms with Crippen LogP contribution < -0.4 is 5.32 Å². The predicted octanol–water partition coefficient (Wildman–Crippen LogP) is 3.29. The van der Waals surface area contributed by atoms with Crippen molar-refractivity contribution in [3.63, 3.8) is 0 Å². The molecule has 0 bridgehead atoms. The van der Waals surface area contributed by atoms with Gasteiger partial charge in [0.15, 0.2) is 0 Å². The van der Waals surface area contributed by atoms with E-state index in [1.54, 1.807) is 0 Å². The molecule has 0 spiro atoms. The molecule has 17 heavy (non-hydrogen) atoms. The molecule has 0 aliphatic heterocycles. The highest BCUT2D eigenvalue weighted by Gasteiger charge is 2.40. The van der Waals surface area contributed by atoms with Crippen LogP contribution in [-0.4, -0.2) is 12.6 Å². The van der Waals surface area contributed by atoms with Crippen LogP contribution in [0.3, 0.4) is 0 Å². The number of hydrogen-bond donors (Lipinski definition) is 1. The zero-order valence-corrected chi connectivity index (χ0v) is 9.86. The number of hydrogen-bond acceptors (Lipinski definition) is 2. The van der Waals surface area contributed by atoms with Crippen molar-refractivity contribution in [2.75, 3.05) is 6.54 Å². The molecule has 2 aliphatic carbocycles. The first-order valence-electron chi connectivity index (χ1n) is 6.61. The zero-order chi connectivity index (χ0) is 11.2. The van der Waals surface area contributed by atoms with Gasteiger partial charge in [-0.15, -0.1) is 0 Å². The lowest BCUT2D eigenvalue weighted by molar-refractivity contribution is 0.602. The first kappa shape index (κ1) is 9.72. The molecule has 0 radical (unpaired) electrons. The van der Waals surface area contributed by atoms with Gasteiger partial charge in [-0.1, -0.05) is 18.2 Å². The second-order valence-electron chi connectivity index (χ2n) is 5.47. The average molecular weight is 227 g/mol. The van der Waals surface area contributed by atoms with Crippen molar-refractivity contribution in [1.82, 2.24) is 5.32 Å². The monoisotopic (exact) mass is 227 g/mol. The minimum absolute atomic E-state index is 0.727. The Bertz CT molecular complexity index is 541. The Morgan fingerprint density at radius 1 is 1.24 bits per heavy atom. The number of furan rings is 1. The molecule has 2 aliphatic rings. The van der Waals surface area contributed by atoms with Gasteiger partial charge >= 0.3 is 0 Å². The van der Waals surface area contributed by atoms with E-state index >= 15 is 0 Å². The summed E-state index contributed by atoms with van der Waals surface area (Å²) in [7, 11) is 0. The van der Waals surface area contributed by atoms with Gasteiger partial charge < -0.3 is 9.73 Å². The van der Waals surface area contributed by atoms with Gasteiger partial charge in [0.25, 0.3) is 0 Å². The fraction of sp³-hybridized carbons (Fsp3) is 0.467. The van der Waals surface area contributed by atoms with E-state index in [0.717, 1.165) is 23.5 Å². The van der Waals surface area contributed by atoms with Crippen molar-refractivity contribution in [3.05, 3.63) is 36.1 Å². The minimum atomic E-state index is 0.727. The van der Waals surface area contributed by atoms with Gasteiger partial charge in [0.1, 0.15) is 5.58 Å². The maximum Gasteiger partial charge on any atom is 0.134 e. The third-order valence-electron chi connectivity index (χ3n) is 4.08. The Hall–Kier alpha value is -1.28. The molecular weight excluding hydrogens is 210 g/mol. The number of para-hydroxylation sites is 1. The maximum absolute atomic E-state index is 5.62. The highest BCUT2D eigenvalue weighted by molar-refractivity contribution is 5.81. The lowest BCUT2D eigenvalue weighted by atomic mass is 10.1. The largest absolute Gasteiger partial charge is 0.464 e. The van der Waals surface area contributed by atoms with Crippen molar-refractivity contribution in [1.29, 1.82) is 0 Å². The van der Waals surface area contributed by atoms with Crippen LogP contribution in [-0.2, 0) is 0 Å². The molecule has 0 saturated heterocycles. The quantitative estimate of drug-likeness (QED) is 0.867. The Morgan fingerprint density at radius 2 is 2.12 bits per heavy atom. The van der Waals surface area contributed by atoms with Crippen molar-refractivity contribution in [2.45, 2.75) is 31.2 Å². The van der Waals surface area contributed by atoms with E-state index in [4.69, 9.17) is 4.42 Å². The second kappa shape index (κ2) is 3.61. The summed E-state index contributed by atoms with van der Waals surface area (Å²) in [4.78, 5) is 0. The number of rotatable bonds is 4. The van der Waals surface area contributed by atoms with Crippen LogP contribution in [0.15, 0.2) is 34.9 Å². The summed E-state index contributed by atoms with van der Waals surface area (Å²) in [5.41, 5.74) is 2.45. The second-order valence-corrected chi connectivity index (χ2v) is 5.47. The Balaban J connectivity index is 1.51. The van der Waals surface area contributed by atoms with Gasteiger partial charge in [0.05, 0.1) is 6.26 Å². The first-order valence-corrected chi connectivity index (χ1v) is 6.61. The van der Waals surface area contributed by atoms with Gasteiger partial charge in [-0.05, 0) is 43.7 Å². The summed E-state index contributed by atoms with van der Waals surface area (Å²) < 4.78 is 5.62. The van der Waals surface area contributed by atoms with Crippen LogP contribution in [0.5, 0.6) is 0 Å². The van der Waals surface area contributed by atoms with Crippen molar-refractivity contribution in [3.8, 4) is 0 Å². The SMILES string of the molecule is c1ccc2c(C3CC3CNC3CC3)coc2c1. The molecule has 88 valence electrons. The summed E-state index contributed by atoms with van der Waals surface area (Å²) in [5, 5.41) is 4.94. The van der Waals surface area contributed by atoms with Gasteiger partial charge in [-0.25, -0.2) is 0 Å². The van der Waals surface area contributed by atoms with E-state index in [9.17, 15) is 0 Å². The molecule has 2 saturated carbocycles. The van der Waals surface area contributed by atoms with Crippen molar-refractivity contribution in [2.24, 2.45) is 5.92 Å². The Kier molecular flexibility index (Phi) is 2.06. The summed E-state index contributed by atoms with van der Waals surface area (Å²) in [6, 6.07) is 9.20. The first-order chi connectivity index (χ1) is 8.42. The molecule has 4 rings (SSSR count). The van der Waals surface area contributed by atoms with Crippen LogP contribution >= 0.6 is 0 Å². The number of nitrogens with one attached hydrogen (secondary N) is 1. The number of benzene rings is 1. The highest BCUT2D eigenvalue weighted by Crippen LogP contribution is 2.49. The summed E-state index contributed by atoms with van der Waals surface area (Å²) in [6.07, 6.45) is 6.05. The Labute approximate surface area is 101 Å². The predicted molar refractivity (Wildman–Crippen MR) is 68.1 cm³/mol. The third-order valence-corrected chi connectivity index (χ3v) is 4.08. The van der Waals surface area contributed by atoms with E-state index < -0.39 is 0 Å². The summed E-state index contributed by atoms with van der Waals surface area (Å²) in [5.74, 6) is 1.56. The fourth-order valence-corrected chi connectivity index (χ4v) is 2.75. The average Bonchev–Trinajstić information content (AvgIpc) is 3.26. The van der Waals surface area contributed by atoms with Crippen molar-refractivity contribution < 1.29 is 4.42 Å². The van der Waals surface area contributed by atoms with Gasteiger partial charge in [0, 0.05) is 17.0 Å². The lowest BCUT2D eigenvalue weighted by Gasteiger charge is -2.00. The van der Waals surface area contributed by atoms with Gasteiger partial charge in [-0.3, -0.25) is 0 Å². The molecule has 2 aromatic rings. The van der Waals surface area contributed by atoms with Crippen LogP contribution in [0.4, 0.5) is 0 Å². The summed E-state index contributed by atoms with van der Waals surface area (Å²) >= 11 is 0. The zero-order valence-electron chi connectivity index (χ0n) is 9.86. The standard InChI is InChI=1S/C15H17NO/c1-2-4-15-12(3-1)14(9-17-15)13-7-10(13)8-16-11-5-6-11/h1-4,9-11,13,16H,5-8H2. The van der Waals surface area contributed by atoms with Crippen LogP contribution in [0.1, 0.15) is 30.7 Å². The molecule has 2 atom stereocenters. The molecule has 1 heterocycles. The van der Waals surface area contributed by atoms with E-state index in [1.165, 1.54) is 36.8 Å². The van der Waals surface area contributed by atoms with Crippen LogP contribution in [0, 0.1) is 5.92 Å². The molecule has 2 unspecified atom stereocenters. The smallest absolute Gasteiger partial charge is 0.134 e. The molecule has 2 nitrogen and oxygen atoms in total. The van der Waals surface area contributed by atoms with E-state index in [2.05, 4.69) is 23.5 Å². The van der Waals surface area contributed by atoms with E-state index in [-0.39, 0.29) is 0 Å². The number of fused-ring (bicyclic) bond motifs is 1.